The highest BCUT2D eigenvalue weighted by atomic mass is 32.1. The van der Waals surface area contributed by atoms with Crippen LogP contribution in [0.3, 0.4) is 0 Å². The molecule has 8 heteroatoms. The molecular formula is C24H28N4O3S. The van der Waals surface area contributed by atoms with Crippen molar-refractivity contribution in [3.8, 4) is 11.5 Å². The van der Waals surface area contributed by atoms with Crippen molar-refractivity contribution < 1.29 is 14.3 Å². The number of imidazole rings is 1. The zero-order chi connectivity index (χ0) is 22.3. The van der Waals surface area contributed by atoms with Gasteiger partial charge in [-0.2, -0.15) is 0 Å². The largest absolute Gasteiger partial charge is 0.483 e. The maximum atomic E-state index is 13.4. The van der Waals surface area contributed by atoms with Crippen molar-refractivity contribution >= 4 is 22.4 Å². The fourth-order valence-electron chi connectivity index (χ4n) is 4.32. The number of para-hydroxylation sites is 1. The Balaban J connectivity index is 1.38. The molecule has 0 spiro atoms. The Morgan fingerprint density at radius 3 is 2.94 bits per heavy atom. The van der Waals surface area contributed by atoms with Gasteiger partial charge < -0.3 is 14.0 Å². The van der Waals surface area contributed by atoms with Crippen LogP contribution in [0.1, 0.15) is 48.6 Å². The van der Waals surface area contributed by atoms with Crippen molar-refractivity contribution in [3.63, 3.8) is 0 Å². The zero-order valence-electron chi connectivity index (χ0n) is 18.8. The van der Waals surface area contributed by atoms with Crippen LogP contribution in [0, 0.1) is 0 Å². The summed E-state index contributed by atoms with van der Waals surface area (Å²) >= 11 is 1.62. The predicted octanol–water partition coefficient (Wildman–Crippen LogP) is 4.08. The van der Waals surface area contributed by atoms with E-state index < -0.39 is 0 Å². The van der Waals surface area contributed by atoms with Gasteiger partial charge in [0.05, 0.1) is 12.2 Å². The first-order valence-corrected chi connectivity index (χ1v) is 11.9. The van der Waals surface area contributed by atoms with E-state index in [1.54, 1.807) is 22.4 Å². The molecule has 1 amide bonds. The van der Waals surface area contributed by atoms with Crippen LogP contribution < -0.4 is 14.4 Å². The Kier molecular flexibility index (Phi) is 5.41. The van der Waals surface area contributed by atoms with Gasteiger partial charge in [0.2, 0.25) is 0 Å². The first-order valence-electron chi connectivity index (χ1n) is 11.1. The summed E-state index contributed by atoms with van der Waals surface area (Å²) in [5, 5.41) is 0.726. The molecular weight excluding hydrogens is 424 g/mol. The summed E-state index contributed by atoms with van der Waals surface area (Å²) in [4.78, 5) is 25.6. The van der Waals surface area contributed by atoms with Crippen molar-refractivity contribution in [3.05, 3.63) is 52.6 Å². The van der Waals surface area contributed by atoms with Gasteiger partial charge in [0, 0.05) is 36.3 Å². The third kappa shape index (κ3) is 4.11. The Labute approximate surface area is 192 Å². The number of thiazole rings is 1. The number of rotatable bonds is 6. The van der Waals surface area contributed by atoms with Gasteiger partial charge in [0.1, 0.15) is 11.4 Å². The number of benzene rings is 1. The van der Waals surface area contributed by atoms with Gasteiger partial charge in [0.25, 0.3) is 5.91 Å². The zero-order valence-corrected chi connectivity index (χ0v) is 19.6. The topological polar surface area (TPSA) is 69.5 Å². The van der Waals surface area contributed by atoms with Crippen LogP contribution in [-0.2, 0) is 37.6 Å². The van der Waals surface area contributed by atoms with Crippen LogP contribution in [0.15, 0.2) is 30.6 Å². The van der Waals surface area contributed by atoms with E-state index in [2.05, 4.69) is 18.8 Å². The number of amides is 1. The van der Waals surface area contributed by atoms with Crippen molar-refractivity contribution in [1.29, 1.82) is 0 Å². The molecule has 0 fully saturated rings. The van der Waals surface area contributed by atoms with Gasteiger partial charge >= 0.3 is 0 Å². The van der Waals surface area contributed by atoms with E-state index in [1.165, 1.54) is 11.3 Å². The van der Waals surface area contributed by atoms with E-state index >= 15 is 0 Å². The molecule has 2 aliphatic rings. The number of anilines is 1. The molecule has 3 heterocycles. The maximum Gasteiger partial charge on any atom is 0.267 e. The summed E-state index contributed by atoms with van der Waals surface area (Å²) in [6, 6.07) is 5.86. The highest BCUT2D eigenvalue weighted by Crippen LogP contribution is 2.41. The third-order valence-electron chi connectivity index (χ3n) is 5.99. The molecule has 0 N–H and O–H groups in total. The summed E-state index contributed by atoms with van der Waals surface area (Å²) in [7, 11) is 1.93. The first kappa shape index (κ1) is 21.0. The van der Waals surface area contributed by atoms with Gasteiger partial charge in [-0.3, -0.25) is 9.69 Å². The smallest absolute Gasteiger partial charge is 0.267 e. The molecule has 32 heavy (non-hydrogen) atoms. The number of hydrogen-bond acceptors (Lipinski definition) is 6. The third-order valence-corrected chi connectivity index (χ3v) is 7.17. The number of carbonyl (C=O) groups excluding carboxylic acids is 1. The number of aromatic nitrogens is 3. The van der Waals surface area contributed by atoms with Gasteiger partial charge in [-0.25, -0.2) is 9.97 Å². The number of carbonyl (C=O) groups is 1. The highest BCUT2D eigenvalue weighted by molar-refractivity contribution is 7.15. The lowest BCUT2D eigenvalue weighted by molar-refractivity contribution is -0.120. The molecule has 5 rings (SSSR count). The van der Waals surface area contributed by atoms with Crippen molar-refractivity contribution in [2.75, 3.05) is 11.5 Å². The van der Waals surface area contributed by atoms with Crippen LogP contribution in [0.4, 0.5) is 5.13 Å². The molecule has 1 aromatic carbocycles. The second-order valence-corrected chi connectivity index (χ2v) is 10.1. The lowest BCUT2D eigenvalue weighted by atomic mass is 10.0. The predicted molar refractivity (Wildman–Crippen MR) is 124 cm³/mol. The summed E-state index contributed by atoms with van der Waals surface area (Å²) < 4.78 is 14.0. The second kappa shape index (κ2) is 8.24. The quantitative estimate of drug-likeness (QED) is 0.564. The maximum absolute atomic E-state index is 13.4. The Hall–Kier alpha value is -2.87. The Morgan fingerprint density at radius 1 is 1.31 bits per heavy atom. The van der Waals surface area contributed by atoms with Crippen LogP contribution in [-0.4, -0.2) is 32.7 Å². The van der Waals surface area contributed by atoms with Crippen LogP contribution in [0.5, 0.6) is 11.5 Å². The molecule has 2 aromatic heterocycles. The molecule has 1 aliphatic heterocycles. The number of aryl methyl sites for hydroxylation is 3. The van der Waals surface area contributed by atoms with Crippen molar-refractivity contribution in [2.45, 2.75) is 58.1 Å². The Bertz CT molecular complexity index is 1130. The summed E-state index contributed by atoms with van der Waals surface area (Å²) in [6.07, 6.45) is 8.81. The van der Waals surface area contributed by atoms with Crippen molar-refractivity contribution in [2.24, 2.45) is 7.05 Å². The van der Waals surface area contributed by atoms with E-state index in [0.717, 1.165) is 53.6 Å². The minimum Gasteiger partial charge on any atom is -0.483 e. The lowest BCUT2D eigenvalue weighted by Crippen LogP contribution is -2.35. The van der Waals surface area contributed by atoms with E-state index in [0.29, 0.717) is 12.3 Å². The normalized spacial score (nSPS) is 16.2. The van der Waals surface area contributed by atoms with E-state index in [9.17, 15) is 4.79 Å². The molecule has 1 aliphatic carbocycles. The minimum atomic E-state index is -0.268. The van der Waals surface area contributed by atoms with Gasteiger partial charge in [-0.15, -0.1) is 11.3 Å². The first-order chi connectivity index (χ1) is 15.4. The highest BCUT2D eigenvalue weighted by Gasteiger charge is 2.33. The molecule has 0 unspecified atom stereocenters. The molecule has 0 saturated carbocycles. The molecule has 0 saturated heterocycles. The van der Waals surface area contributed by atoms with Gasteiger partial charge in [-0.1, -0.05) is 12.1 Å². The van der Waals surface area contributed by atoms with Crippen LogP contribution >= 0.6 is 11.3 Å². The molecule has 0 radical (unpaired) electrons. The average molecular weight is 453 g/mol. The SMILES string of the molecule is Cn1ccnc1CN(C(=O)COc1cccc2c1OC(C)(C)C2)c1nc2c(s1)CCCC2. The van der Waals surface area contributed by atoms with E-state index in [4.69, 9.17) is 14.5 Å². The molecule has 0 bridgehead atoms. The summed E-state index contributed by atoms with van der Waals surface area (Å²) in [5.74, 6) is 2.01. The number of ether oxygens (including phenoxy) is 2. The van der Waals surface area contributed by atoms with Gasteiger partial charge in [-0.05, 0) is 45.6 Å². The second-order valence-electron chi connectivity index (χ2n) is 9.08. The van der Waals surface area contributed by atoms with Crippen LogP contribution in [0.25, 0.3) is 0 Å². The molecule has 168 valence electrons. The number of nitrogens with zero attached hydrogens (tertiary/aromatic N) is 4. The van der Waals surface area contributed by atoms with E-state index in [1.807, 2.05) is 36.0 Å². The summed E-state index contributed by atoms with van der Waals surface area (Å²) in [5.41, 5.74) is 1.97. The fraction of sp³-hybridized carbons (Fsp3) is 0.458. The number of fused-ring (bicyclic) bond motifs is 2. The van der Waals surface area contributed by atoms with Gasteiger partial charge in [0.15, 0.2) is 23.2 Å². The average Bonchev–Trinajstić information content (AvgIpc) is 3.45. The lowest BCUT2D eigenvalue weighted by Gasteiger charge is -2.21. The Morgan fingerprint density at radius 2 is 2.16 bits per heavy atom. The van der Waals surface area contributed by atoms with Crippen molar-refractivity contribution in [1.82, 2.24) is 14.5 Å². The molecule has 0 atom stereocenters. The molecule has 7 nitrogen and oxygen atoms in total. The standard InChI is InChI=1S/C24H28N4O3S/c1-24(2)13-16-7-6-9-18(22(16)31-24)30-15-21(29)28(14-20-25-11-12-27(20)3)23-26-17-8-4-5-10-19(17)32-23/h6-7,9,11-12H,4-5,8,10,13-15H2,1-3H3. The summed E-state index contributed by atoms with van der Waals surface area (Å²) in [6.45, 7) is 4.38. The van der Waals surface area contributed by atoms with Crippen LogP contribution in [0.2, 0.25) is 0 Å². The minimum absolute atomic E-state index is 0.0884. The number of hydrogen-bond donors (Lipinski definition) is 0. The monoisotopic (exact) mass is 452 g/mol. The van der Waals surface area contributed by atoms with E-state index in [-0.39, 0.29) is 18.1 Å². The molecule has 3 aromatic rings. The fourth-order valence-corrected chi connectivity index (χ4v) is 5.49.